The Morgan fingerprint density at radius 3 is 2.71 bits per heavy atom. The van der Waals surface area contributed by atoms with E-state index in [0.29, 0.717) is 36.8 Å². The first-order valence-electron chi connectivity index (χ1n) is 8.97. The number of aromatic nitrogens is 2. The normalized spacial score (nSPS) is 10.4. The zero-order chi connectivity index (χ0) is 19.8. The smallest absolute Gasteiger partial charge is 0.214 e. The Labute approximate surface area is 163 Å². The molecule has 0 unspecified atom stereocenters. The fraction of sp³-hybridized carbons (Fsp3) is 0.190. The van der Waals surface area contributed by atoms with E-state index in [9.17, 15) is 9.18 Å². The molecule has 0 radical (unpaired) electrons. The second kappa shape index (κ2) is 9.45. The first-order valence-corrected chi connectivity index (χ1v) is 8.97. The summed E-state index contributed by atoms with van der Waals surface area (Å²) >= 11 is 0. The van der Waals surface area contributed by atoms with Gasteiger partial charge >= 0.3 is 0 Å². The summed E-state index contributed by atoms with van der Waals surface area (Å²) in [5, 5.41) is 6.27. The minimum absolute atomic E-state index is 0.253. The number of nitrogens with one attached hydrogen (secondary N) is 2. The van der Waals surface area contributed by atoms with E-state index in [4.69, 9.17) is 0 Å². The Morgan fingerprint density at radius 1 is 1.14 bits per heavy atom. The third-order valence-electron chi connectivity index (χ3n) is 4.24. The van der Waals surface area contributed by atoms with Crippen LogP contribution in [0.25, 0.3) is 0 Å². The molecule has 0 aliphatic carbocycles. The molecule has 144 valence electrons. The van der Waals surface area contributed by atoms with Gasteiger partial charge in [0.25, 0.3) is 0 Å². The molecule has 0 atom stereocenters. The number of pyridine rings is 2. The first-order chi connectivity index (χ1) is 13.7. The summed E-state index contributed by atoms with van der Waals surface area (Å²) < 4.78 is 13.3. The molecule has 0 fully saturated rings. The lowest BCUT2D eigenvalue weighted by molar-refractivity contribution is -0.107. The standard InChI is InChI=1S/C21H22FN5O/c1-23-20-8-7-19(27(15-28)14-17-5-3-10-24-13-17)21(26-20)25-11-9-16-4-2-6-18(22)12-16/h2-8,10,12-13,15H,9,11,14H2,1H3,(H2,23,25,26). The molecular formula is C21H22FN5O. The molecule has 2 N–H and O–H groups in total. The van der Waals surface area contributed by atoms with E-state index in [-0.39, 0.29) is 5.82 Å². The Kier molecular flexibility index (Phi) is 6.51. The summed E-state index contributed by atoms with van der Waals surface area (Å²) in [5.74, 6) is 1.01. The zero-order valence-corrected chi connectivity index (χ0v) is 15.6. The summed E-state index contributed by atoms with van der Waals surface area (Å²) in [5.41, 5.74) is 2.47. The summed E-state index contributed by atoms with van der Waals surface area (Å²) in [6, 6.07) is 13.9. The second-order valence-corrected chi connectivity index (χ2v) is 6.22. The maximum absolute atomic E-state index is 13.3. The molecule has 3 aromatic rings. The summed E-state index contributed by atoms with van der Waals surface area (Å²) in [6.07, 6.45) is 4.83. The molecule has 28 heavy (non-hydrogen) atoms. The maximum Gasteiger partial charge on any atom is 0.214 e. The molecule has 7 heteroatoms. The van der Waals surface area contributed by atoms with Gasteiger partial charge in [-0.2, -0.15) is 0 Å². The predicted octanol–water partition coefficient (Wildman–Crippen LogP) is 3.48. The number of halogens is 1. The molecule has 2 heterocycles. The van der Waals surface area contributed by atoms with Crippen LogP contribution in [0.4, 0.5) is 21.7 Å². The van der Waals surface area contributed by atoms with Crippen LogP contribution in [0.15, 0.2) is 60.9 Å². The topological polar surface area (TPSA) is 70.2 Å². The highest BCUT2D eigenvalue weighted by Gasteiger charge is 2.13. The largest absolute Gasteiger partial charge is 0.373 e. The molecule has 1 aromatic carbocycles. The molecule has 2 aromatic heterocycles. The van der Waals surface area contributed by atoms with Crippen LogP contribution in [0.3, 0.4) is 0 Å². The Bertz CT molecular complexity index is 920. The minimum Gasteiger partial charge on any atom is -0.373 e. The molecule has 0 aliphatic heterocycles. The van der Waals surface area contributed by atoms with Crippen LogP contribution in [0.2, 0.25) is 0 Å². The van der Waals surface area contributed by atoms with E-state index in [1.54, 1.807) is 30.4 Å². The molecule has 0 aliphatic rings. The number of hydrogen-bond donors (Lipinski definition) is 2. The van der Waals surface area contributed by atoms with Crippen molar-refractivity contribution in [3.05, 3.63) is 77.9 Å². The molecule has 0 saturated heterocycles. The lowest BCUT2D eigenvalue weighted by Gasteiger charge is -2.21. The van der Waals surface area contributed by atoms with Crippen molar-refractivity contribution in [2.45, 2.75) is 13.0 Å². The van der Waals surface area contributed by atoms with Crippen LogP contribution >= 0.6 is 0 Å². The Hall–Kier alpha value is -3.48. The lowest BCUT2D eigenvalue weighted by atomic mass is 10.1. The Balaban J connectivity index is 1.77. The highest BCUT2D eigenvalue weighted by atomic mass is 19.1. The average molecular weight is 379 g/mol. The van der Waals surface area contributed by atoms with Crippen molar-refractivity contribution in [3.8, 4) is 0 Å². The van der Waals surface area contributed by atoms with Gasteiger partial charge in [0, 0.05) is 26.0 Å². The monoisotopic (exact) mass is 379 g/mol. The van der Waals surface area contributed by atoms with Crippen LogP contribution in [-0.4, -0.2) is 30.0 Å². The van der Waals surface area contributed by atoms with Crippen LogP contribution in [0, 0.1) is 5.82 Å². The van der Waals surface area contributed by atoms with Gasteiger partial charge in [0.15, 0.2) is 5.82 Å². The van der Waals surface area contributed by atoms with Crippen molar-refractivity contribution in [3.63, 3.8) is 0 Å². The number of carbonyl (C=O) groups excluding carboxylic acids is 1. The van der Waals surface area contributed by atoms with Gasteiger partial charge in [0.2, 0.25) is 6.41 Å². The molecule has 3 rings (SSSR count). The van der Waals surface area contributed by atoms with E-state index >= 15 is 0 Å². The number of nitrogens with zero attached hydrogens (tertiary/aromatic N) is 3. The van der Waals surface area contributed by atoms with E-state index in [2.05, 4.69) is 20.6 Å². The van der Waals surface area contributed by atoms with E-state index in [1.807, 2.05) is 30.3 Å². The van der Waals surface area contributed by atoms with Crippen molar-refractivity contribution in [1.29, 1.82) is 0 Å². The van der Waals surface area contributed by atoms with Gasteiger partial charge in [-0.05, 0) is 47.9 Å². The summed E-state index contributed by atoms with van der Waals surface area (Å²) in [4.78, 5) is 21.9. The van der Waals surface area contributed by atoms with Gasteiger partial charge in [-0.1, -0.05) is 18.2 Å². The van der Waals surface area contributed by atoms with Gasteiger partial charge in [-0.25, -0.2) is 9.37 Å². The second-order valence-electron chi connectivity index (χ2n) is 6.22. The van der Waals surface area contributed by atoms with Gasteiger partial charge in [0.05, 0.1) is 12.2 Å². The molecule has 0 bridgehead atoms. The molecule has 6 nitrogen and oxygen atoms in total. The van der Waals surface area contributed by atoms with Crippen molar-refractivity contribution in [1.82, 2.24) is 9.97 Å². The quantitative estimate of drug-likeness (QED) is 0.557. The number of benzene rings is 1. The lowest BCUT2D eigenvalue weighted by Crippen LogP contribution is -2.23. The van der Waals surface area contributed by atoms with Crippen molar-refractivity contribution >= 4 is 23.7 Å². The minimum atomic E-state index is -0.253. The predicted molar refractivity (Wildman–Crippen MR) is 109 cm³/mol. The third-order valence-corrected chi connectivity index (χ3v) is 4.24. The molecular weight excluding hydrogens is 357 g/mol. The fourth-order valence-electron chi connectivity index (χ4n) is 2.84. The summed E-state index contributed by atoms with van der Waals surface area (Å²) in [7, 11) is 1.78. The summed E-state index contributed by atoms with van der Waals surface area (Å²) in [6.45, 7) is 0.937. The van der Waals surface area contributed by atoms with Crippen molar-refractivity contribution in [2.75, 3.05) is 29.1 Å². The van der Waals surface area contributed by atoms with E-state index in [0.717, 1.165) is 17.5 Å². The number of hydrogen-bond acceptors (Lipinski definition) is 5. The number of amides is 1. The molecule has 0 saturated carbocycles. The number of anilines is 3. The van der Waals surface area contributed by atoms with Crippen LogP contribution in [0.1, 0.15) is 11.1 Å². The highest BCUT2D eigenvalue weighted by molar-refractivity contribution is 5.82. The van der Waals surface area contributed by atoms with Gasteiger partial charge in [-0.15, -0.1) is 0 Å². The highest BCUT2D eigenvalue weighted by Crippen LogP contribution is 2.26. The van der Waals surface area contributed by atoms with Crippen LogP contribution in [0.5, 0.6) is 0 Å². The maximum atomic E-state index is 13.3. The van der Waals surface area contributed by atoms with Crippen LogP contribution < -0.4 is 15.5 Å². The van der Waals surface area contributed by atoms with Gasteiger partial charge in [0.1, 0.15) is 11.6 Å². The fourth-order valence-corrected chi connectivity index (χ4v) is 2.84. The molecule has 1 amide bonds. The van der Waals surface area contributed by atoms with E-state index in [1.165, 1.54) is 12.1 Å². The Morgan fingerprint density at radius 2 is 2.00 bits per heavy atom. The van der Waals surface area contributed by atoms with Crippen LogP contribution in [-0.2, 0) is 17.8 Å². The molecule has 0 spiro atoms. The SMILES string of the molecule is CNc1ccc(N(C=O)Cc2cccnc2)c(NCCc2cccc(F)c2)n1. The zero-order valence-electron chi connectivity index (χ0n) is 15.6. The van der Waals surface area contributed by atoms with Crippen molar-refractivity contribution in [2.24, 2.45) is 0 Å². The third kappa shape index (κ3) is 5.03. The van der Waals surface area contributed by atoms with E-state index < -0.39 is 0 Å². The van der Waals surface area contributed by atoms with Gasteiger partial charge in [-0.3, -0.25) is 9.78 Å². The number of carbonyl (C=O) groups is 1. The van der Waals surface area contributed by atoms with Crippen molar-refractivity contribution < 1.29 is 9.18 Å². The first kappa shape index (κ1) is 19.3. The van der Waals surface area contributed by atoms with Gasteiger partial charge < -0.3 is 15.5 Å². The number of rotatable bonds is 9. The average Bonchev–Trinajstić information content (AvgIpc) is 2.73.